The normalized spacial score (nSPS) is 21.1. The number of ether oxygens (including phenoxy) is 1. The molecule has 3 aromatic carbocycles. The van der Waals surface area contributed by atoms with Crippen LogP contribution in [0.3, 0.4) is 0 Å². The van der Waals surface area contributed by atoms with E-state index >= 15 is 0 Å². The fraction of sp³-hybridized carbons (Fsp3) is 0.355. The van der Waals surface area contributed by atoms with Crippen molar-refractivity contribution >= 4 is 51.2 Å². The smallest absolute Gasteiger partial charge is 0.256 e. The molecule has 196 valence electrons. The number of hydrogen-bond donors (Lipinski definition) is 2. The van der Waals surface area contributed by atoms with Crippen molar-refractivity contribution < 1.29 is 18.7 Å². The molecule has 2 amide bonds. The van der Waals surface area contributed by atoms with Crippen LogP contribution >= 0.6 is 11.8 Å². The average Bonchev–Trinajstić information content (AvgIpc) is 3.66. The van der Waals surface area contributed by atoms with Crippen LogP contribution in [-0.4, -0.2) is 30.7 Å². The second-order valence-corrected chi connectivity index (χ2v) is 11.6. The zero-order valence-electron chi connectivity index (χ0n) is 21.7. The molecule has 2 aliphatic carbocycles. The van der Waals surface area contributed by atoms with Gasteiger partial charge in [0.15, 0.2) is 0 Å². The van der Waals surface area contributed by atoms with Crippen LogP contribution in [0.2, 0.25) is 0 Å². The largest absolute Gasteiger partial charge is 0.495 e. The van der Waals surface area contributed by atoms with Gasteiger partial charge in [0.2, 0.25) is 5.91 Å². The molecule has 0 saturated heterocycles. The monoisotopic (exact) mass is 528 g/mol. The molecule has 2 aliphatic rings. The highest BCUT2D eigenvalue weighted by molar-refractivity contribution is 8.00. The van der Waals surface area contributed by atoms with Crippen LogP contribution in [0.15, 0.2) is 70.0 Å². The Bertz CT molecular complexity index is 1510. The second-order valence-electron chi connectivity index (χ2n) is 10.6. The maximum absolute atomic E-state index is 13.4. The molecule has 1 aromatic heterocycles. The van der Waals surface area contributed by atoms with Crippen LogP contribution < -0.4 is 15.4 Å². The summed E-state index contributed by atoms with van der Waals surface area (Å²) in [5.41, 5.74) is 2.49. The molecule has 4 atom stereocenters. The lowest BCUT2D eigenvalue weighted by atomic mass is 9.84. The molecule has 7 heteroatoms. The number of fused-ring (bicyclic) bond motifs is 5. The Morgan fingerprint density at radius 3 is 2.63 bits per heavy atom. The second kappa shape index (κ2) is 10.4. The number of amides is 2. The number of carbonyl (C=O) groups excluding carboxylic acids is 2. The number of hydrogen-bond acceptors (Lipinski definition) is 5. The summed E-state index contributed by atoms with van der Waals surface area (Å²) < 4.78 is 11.6. The number of rotatable bonds is 8. The highest BCUT2D eigenvalue weighted by Crippen LogP contribution is 2.49. The molecule has 0 aliphatic heterocycles. The summed E-state index contributed by atoms with van der Waals surface area (Å²) >= 11 is 1.39. The number of methoxy groups -OCH3 is 1. The molecule has 0 unspecified atom stereocenters. The van der Waals surface area contributed by atoms with Gasteiger partial charge in [0.25, 0.3) is 5.91 Å². The van der Waals surface area contributed by atoms with Crippen LogP contribution in [0.5, 0.6) is 5.75 Å². The molecule has 2 N–H and O–H groups in total. The lowest BCUT2D eigenvalue weighted by Crippen LogP contribution is -2.40. The van der Waals surface area contributed by atoms with Gasteiger partial charge in [-0.2, -0.15) is 0 Å². The van der Waals surface area contributed by atoms with Crippen molar-refractivity contribution in [2.24, 2.45) is 17.8 Å². The average molecular weight is 529 g/mol. The van der Waals surface area contributed by atoms with E-state index in [0.29, 0.717) is 28.5 Å². The zero-order chi connectivity index (χ0) is 26.2. The molecule has 2 saturated carbocycles. The van der Waals surface area contributed by atoms with Gasteiger partial charge in [-0.05, 0) is 68.2 Å². The number of carbonyl (C=O) groups is 2. The summed E-state index contributed by atoms with van der Waals surface area (Å²) in [5, 5.41) is 8.13. The van der Waals surface area contributed by atoms with E-state index in [4.69, 9.17) is 9.15 Å². The standard InChI is InChI=1S/C31H32N2O4S/c1-18(23-14-19-11-12-20(23)13-19)32-30(34)17-38-29-10-6-4-8-22(29)31(35)33-25-16-27-24(15-28(25)36-2)21-7-3-5-9-26(21)37-27/h3-10,15-16,18-20,23H,11-14,17H2,1-2H3,(H,32,34)(H,33,35)/t18-,19-,20-,23+/m0/s1. The van der Waals surface area contributed by atoms with E-state index in [1.54, 1.807) is 19.2 Å². The van der Waals surface area contributed by atoms with Crippen molar-refractivity contribution in [1.29, 1.82) is 0 Å². The number of thioether (sulfide) groups is 1. The Kier molecular flexibility index (Phi) is 6.78. The van der Waals surface area contributed by atoms with E-state index < -0.39 is 0 Å². The topological polar surface area (TPSA) is 80.6 Å². The Hall–Kier alpha value is -3.45. The Morgan fingerprint density at radius 1 is 1.03 bits per heavy atom. The predicted octanol–water partition coefficient (Wildman–Crippen LogP) is 6.88. The van der Waals surface area contributed by atoms with Crippen LogP contribution in [0.1, 0.15) is 43.0 Å². The number of nitrogens with one attached hydrogen (secondary N) is 2. The minimum absolute atomic E-state index is 0.0116. The minimum Gasteiger partial charge on any atom is -0.495 e. The van der Waals surface area contributed by atoms with Gasteiger partial charge in [0.1, 0.15) is 16.9 Å². The molecule has 38 heavy (non-hydrogen) atoms. The molecule has 0 spiro atoms. The Balaban J connectivity index is 1.15. The number of furan rings is 1. The fourth-order valence-electron chi connectivity index (χ4n) is 6.44. The SMILES string of the molecule is COc1cc2c(cc1NC(=O)c1ccccc1SCC(=O)N[C@@H](C)[C@H]1C[C@H]3CC[C@H]1C3)oc1ccccc12. The third-order valence-electron chi connectivity index (χ3n) is 8.26. The van der Waals surface area contributed by atoms with Gasteiger partial charge in [0.05, 0.1) is 24.1 Å². The molecule has 2 fully saturated rings. The van der Waals surface area contributed by atoms with Crippen molar-refractivity contribution in [2.75, 3.05) is 18.2 Å². The molecule has 6 nitrogen and oxygen atoms in total. The molecular formula is C31H32N2O4S. The number of anilines is 1. The first-order valence-electron chi connectivity index (χ1n) is 13.3. The summed E-state index contributed by atoms with van der Waals surface area (Å²) in [5.74, 6) is 2.79. The van der Waals surface area contributed by atoms with Crippen molar-refractivity contribution in [3.63, 3.8) is 0 Å². The maximum atomic E-state index is 13.4. The van der Waals surface area contributed by atoms with Crippen molar-refractivity contribution in [1.82, 2.24) is 5.32 Å². The highest BCUT2D eigenvalue weighted by atomic mass is 32.2. The van der Waals surface area contributed by atoms with Crippen molar-refractivity contribution in [3.05, 3.63) is 66.2 Å². The van der Waals surface area contributed by atoms with Crippen LogP contribution in [0.25, 0.3) is 21.9 Å². The van der Waals surface area contributed by atoms with E-state index in [1.165, 1.54) is 37.4 Å². The summed E-state index contributed by atoms with van der Waals surface area (Å²) in [6, 6.07) is 19.1. The van der Waals surface area contributed by atoms with Gasteiger partial charge in [0, 0.05) is 27.8 Å². The van der Waals surface area contributed by atoms with E-state index in [9.17, 15) is 9.59 Å². The van der Waals surface area contributed by atoms with E-state index in [-0.39, 0.29) is 23.6 Å². The lowest BCUT2D eigenvalue weighted by molar-refractivity contribution is -0.119. The first kappa shape index (κ1) is 24.9. The van der Waals surface area contributed by atoms with Gasteiger partial charge in [-0.15, -0.1) is 11.8 Å². The molecule has 6 rings (SSSR count). The van der Waals surface area contributed by atoms with Crippen LogP contribution in [0, 0.1) is 17.8 Å². The Labute approximate surface area is 226 Å². The summed E-state index contributed by atoms with van der Waals surface area (Å²) in [7, 11) is 1.58. The summed E-state index contributed by atoms with van der Waals surface area (Å²) in [6.45, 7) is 2.14. The predicted molar refractivity (Wildman–Crippen MR) is 152 cm³/mol. The quantitative estimate of drug-likeness (QED) is 0.244. The first-order valence-corrected chi connectivity index (χ1v) is 14.3. The van der Waals surface area contributed by atoms with E-state index in [2.05, 4.69) is 17.6 Å². The van der Waals surface area contributed by atoms with Gasteiger partial charge in [-0.1, -0.05) is 36.8 Å². The zero-order valence-corrected chi connectivity index (χ0v) is 22.5. The summed E-state index contributed by atoms with van der Waals surface area (Å²) in [4.78, 5) is 26.9. The van der Waals surface area contributed by atoms with Gasteiger partial charge >= 0.3 is 0 Å². The van der Waals surface area contributed by atoms with Gasteiger partial charge in [-0.25, -0.2) is 0 Å². The highest BCUT2D eigenvalue weighted by Gasteiger charge is 2.42. The lowest BCUT2D eigenvalue weighted by Gasteiger charge is -2.28. The number of para-hydroxylation sites is 1. The van der Waals surface area contributed by atoms with Crippen LogP contribution in [-0.2, 0) is 4.79 Å². The third-order valence-corrected chi connectivity index (χ3v) is 9.33. The molecular weight excluding hydrogens is 496 g/mol. The summed E-state index contributed by atoms with van der Waals surface area (Å²) in [6.07, 6.45) is 5.23. The molecule has 4 aromatic rings. The first-order chi connectivity index (χ1) is 18.5. The van der Waals surface area contributed by atoms with Crippen molar-refractivity contribution in [3.8, 4) is 5.75 Å². The molecule has 2 bridgehead atoms. The third kappa shape index (κ3) is 4.75. The van der Waals surface area contributed by atoms with Gasteiger partial charge < -0.3 is 19.8 Å². The Morgan fingerprint density at radius 2 is 1.84 bits per heavy atom. The van der Waals surface area contributed by atoms with Crippen molar-refractivity contribution in [2.45, 2.75) is 43.5 Å². The fourth-order valence-corrected chi connectivity index (χ4v) is 7.30. The molecule has 1 heterocycles. The number of benzene rings is 3. The van der Waals surface area contributed by atoms with Crippen LogP contribution in [0.4, 0.5) is 5.69 Å². The van der Waals surface area contributed by atoms with E-state index in [1.807, 2.05) is 48.5 Å². The maximum Gasteiger partial charge on any atom is 0.256 e. The molecule has 0 radical (unpaired) electrons. The van der Waals surface area contributed by atoms with Gasteiger partial charge in [-0.3, -0.25) is 9.59 Å². The minimum atomic E-state index is -0.266. The van der Waals surface area contributed by atoms with E-state index in [0.717, 1.165) is 33.1 Å².